The van der Waals surface area contributed by atoms with E-state index in [0.717, 1.165) is 11.2 Å². The zero-order chi connectivity index (χ0) is 15.0. The highest BCUT2D eigenvalue weighted by atomic mass is 19.3. The Labute approximate surface area is 119 Å². The summed E-state index contributed by atoms with van der Waals surface area (Å²) in [6.07, 6.45) is 0.675. The number of hydrogen-bond donors (Lipinski definition) is 1. The molecule has 0 aliphatic heterocycles. The number of alkyl halides is 2. The summed E-state index contributed by atoms with van der Waals surface area (Å²) in [5, 5.41) is 4.12. The van der Waals surface area contributed by atoms with Crippen LogP contribution in [0.1, 0.15) is 18.4 Å². The lowest BCUT2D eigenvalue weighted by Gasteiger charge is -2.10. The highest BCUT2D eigenvalue weighted by molar-refractivity contribution is 5.63. The number of nitrogen functional groups attached to an aromatic ring is 1. The summed E-state index contributed by atoms with van der Waals surface area (Å²) in [6, 6.07) is 7.03. The van der Waals surface area contributed by atoms with E-state index in [4.69, 9.17) is 5.73 Å². The van der Waals surface area contributed by atoms with Crippen LogP contribution in [0.3, 0.4) is 0 Å². The molecule has 3 aromatic heterocycles. The van der Waals surface area contributed by atoms with E-state index >= 15 is 0 Å². The zero-order valence-corrected chi connectivity index (χ0v) is 11.2. The van der Waals surface area contributed by atoms with E-state index in [1.165, 1.54) is 13.1 Å². The third kappa shape index (κ3) is 2.42. The molecule has 0 spiro atoms. The van der Waals surface area contributed by atoms with Crippen molar-refractivity contribution in [1.29, 1.82) is 0 Å². The molecule has 0 aliphatic carbocycles. The number of pyridine rings is 1. The van der Waals surface area contributed by atoms with Crippen LogP contribution in [-0.4, -0.2) is 26.0 Å². The highest BCUT2D eigenvalue weighted by Crippen LogP contribution is 2.25. The summed E-state index contributed by atoms with van der Waals surface area (Å²) in [4.78, 5) is 8.16. The van der Waals surface area contributed by atoms with Crippen LogP contribution in [0, 0.1) is 0 Å². The van der Waals surface area contributed by atoms with Gasteiger partial charge in [0, 0.05) is 12.1 Å². The third-order valence-electron chi connectivity index (χ3n) is 3.37. The first kappa shape index (κ1) is 13.4. The summed E-state index contributed by atoms with van der Waals surface area (Å²) in [7, 11) is 0. The molecule has 0 aromatic carbocycles. The van der Waals surface area contributed by atoms with Crippen LogP contribution in [0.15, 0.2) is 36.7 Å². The smallest absolute Gasteiger partial charge is 0.245 e. The summed E-state index contributed by atoms with van der Waals surface area (Å²) >= 11 is 0. The minimum atomic E-state index is -2.40. The van der Waals surface area contributed by atoms with Crippen molar-refractivity contribution in [2.45, 2.75) is 19.3 Å². The van der Waals surface area contributed by atoms with Crippen molar-refractivity contribution < 1.29 is 8.78 Å². The number of anilines is 1. The second kappa shape index (κ2) is 5.08. The van der Waals surface area contributed by atoms with Gasteiger partial charge in [-0.05, 0) is 23.8 Å². The monoisotopic (exact) mass is 289 g/mol. The third-order valence-corrected chi connectivity index (χ3v) is 3.37. The Kier molecular flexibility index (Phi) is 3.25. The molecule has 1 atom stereocenters. The Morgan fingerprint density at radius 1 is 1.10 bits per heavy atom. The Balaban J connectivity index is 2.01. The molecule has 0 saturated heterocycles. The normalized spacial score (nSPS) is 13.0. The topological polar surface area (TPSA) is 69.1 Å². The molecule has 2 N–H and O–H groups in total. The first-order valence-electron chi connectivity index (χ1n) is 6.41. The second-order valence-corrected chi connectivity index (χ2v) is 4.77. The number of rotatable bonds is 3. The SMILES string of the molecule is CC(c1ccc(-c2ccc3cnc(N)nn23)nc1)C(F)F. The van der Waals surface area contributed by atoms with Crippen LogP contribution >= 0.6 is 0 Å². The van der Waals surface area contributed by atoms with E-state index < -0.39 is 12.3 Å². The second-order valence-electron chi connectivity index (χ2n) is 4.77. The lowest BCUT2D eigenvalue weighted by Crippen LogP contribution is -2.05. The molecule has 3 rings (SSSR count). The van der Waals surface area contributed by atoms with Crippen LogP contribution in [0.4, 0.5) is 14.7 Å². The van der Waals surface area contributed by atoms with E-state index in [1.807, 2.05) is 12.1 Å². The van der Waals surface area contributed by atoms with Gasteiger partial charge in [0.05, 0.1) is 23.1 Å². The number of nitrogens with two attached hydrogens (primary N) is 1. The van der Waals surface area contributed by atoms with Crippen LogP contribution in [0.25, 0.3) is 16.9 Å². The molecular formula is C14H13F2N5. The number of fused-ring (bicyclic) bond motifs is 1. The lowest BCUT2D eigenvalue weighted by molar-refractivity contribution is 0.121. The predicted molar refractivity (Wildman–Crippen MR) is 75.0 cm³/mol. The summed E-state index contributed by atoms with van der Waals surface area (Å²) in [5.41, 5.74) is 8.24. The van der Waals surface area contributed by atoms with Crippen LogP contribution in [-0.2, 0) is 0 Å². The zero-order valence-electron chi connectivity index (χ0n) is 11.2. The van der Waals surface area contributed by atoms with Crippen LogP contribution in [0.2, 0.25) is 0 Å². The molecular weight excluding hydrogens is 276 g/mol. The Morgan fingerprint density at radius 2 is 1.90 bits per heavy atom. The van der Waals surface area contributed by atoms with Gasteiger partial charge in [0.1, 0.15) is 0 Å². The van der Waals surface area contributed by atoms with Gasteiger partial charge in [-0.25, -0.2) is 18.3 Å². The van der Waals surface area contributed by atoms with Gasteiger partial charge in [-0.15, -0.1) is 5.10 Å². The predicted octanol–water partition coefficient (Wildman–Crippen LogP) is 2.74. The summed E-state index contributed by atoms with van der Waals surface area (Å²) in [6.45, 7) is 1.47. The van der Waals surface area contributed by atoms with Gasteiger partial charge in [0.15, 0.2) is 0 Å². The number of aromatic nitrogens is 4. The summed E-state index contributed by atoms with van der Waals surface area (Å²) < 4.78 is 27.0. The van der Waals surface area contributed by atoms with Gasteiger partial charge in [-0.1, -0.05) is 13.0 Å². The minimum Gasteiger partial charge on any atom is -0.367 e. The van der Waals surface area contributed by atoms with Crippen LogP contribution < -0.4 is 5.73 Å². The quantitative estimate of drug-likeness (QED) is 0.805. The van der Waals surface area contributed by atoms with Gasteiger partial charge >= 0.3 is 0 Å². The minimum absolute atomic E-state index is 0.155. The molecule has 0 saturated carbocycles. The van der Waals surface area contributed by atoms with E-state index in [1.54, 1.807) is 22.8 Å². The average Bonchev–Trinajstić information content (AvgIpc) is 2.89. The molecule has 108 valence electrons. The van der Waals surface area contributed by atoms with Gasteiger partial charge in [0.2, 0.25) is 12.4 Å². The molecule has 3 heterocycles. The van der Waals surface area contributed by atoms with E-state index in [2.05, 4.69) is 15.1 Å². The van der Waals surface area contributed by atoms with E-state index in [0.29, 0.717) is 11.3 Å². The molecule has 5 nitrogen and oxygen atoms in total. The number of nitrogens with zero attached hydrogens (tertiary/aromatic N) is 4. The van der Waals surface area contributed by atoms with Gasteiger partial charge in [-0.3, -0.25) is 4.98 Å². The van der Waals surface area contributed by atoms with Gasteiger partial charge < -0.3 is 5.73 Å². The van der Waals surface area contributed by atoms with Crippen molar-refractivity contribution in [3.63, 3.8) is 0 Å². The Hall–Kier alpha value is -2.57. The average molecular weight is 289 g/mol. The molecule has 1 unspecified atom stereocenters. The first-order valence-corrected chi connectivity index (χ1v) is 6.41. The van der Waals surface area contributed by atoms with Crippen molar-refractivity contribution in [3.05, 3.63) is 42.2 Å². The molecule has 0 radical (unpaired) electrons. The first-order chi connectivity index (χ1) is 10.1. The van der Waals surface area contributed by atoms with Gasteiger partial charge in [-0.2, -0.15) is 0 Å². The molecule has 3 aromatic rings. The molecule has 0 fully saturated rings. The van der Waals surface area contributed by atoms with E-state index in [-0.39, 0.29) is 5.95 Å². The van der Waals surface area contributed by atoms with Crippen molar-refractivity contribution >= 4 is 11.5 Å². The fraction of sp³-hybridized carbons (Fsp3) is 0.214. The fourth-order valence-corrected chi connectivity index (χ4v) is 2.08. The Morgan fingerprint density at radius 3 is 2.57 bits per heavy atom. The largest absolute Gasteiger partial charge is 0.367 e. The standard InChI is InChI=1S/C14H13F2N5/c1-8(13(15)16)9-2-4-11(18-6-9)12-5-3-10-7-19-14(17)20-21(10)12/h2-8,13H,1H3,(H2,17,20). The molecule has 21 heavy (non-hydrogen) atoms. The Bertz CT molecular complexity index is 767. The van der Waals surface area contributed by atoms with E-state index in [9.17, 15) is 8.78 Å². The fourth-order valence-electron chi connectivity index (χ4n) is 2.08. The maximum absolute atomic E-state index is 12.7. The van der Waals surface area contributed by atoms with Crippen molar-refractivity contribution in [2.24, 2.45) is 0 Å². The lowest BCUT2D eigenvalue weighted by atomic mass is 10.0. The van der Waals surface area contributed by atoms with Crippen molar-refractivity contribution in [2.75, 3.05) is 5.73 Å². The summed E-state index contributed by atoms with van der Waals surface area (Å²) in [5.74, 6) is -0.684. The van der Waals surface area contributed by atoms with Gasteiger partial charge in [0.25, 0.3) is 0 Å². The maximum atomic E-state index is 12.7. The molecule has 7 heteroatoms. The highest BCUT2D eigenvalue weighted by Gasteiger charge is 2.17. The molecule has 0 bridgehead atoms. The van der Waals surface area contributed by atoms with Crippen molar-refractivity contribution in [3.8, 4) is 11.4 Å². The molecule has 0 amide bonds. The number of halogens is 2. The maximum Gasteiger partial charge on any atom is 0.245 e. The number of hydrogen-bond acceptors (Lipinski definition) is 4. The molecule has 0 aliphatic rings. The van der Waals surface area contributed by atoms with Crippen molar-refractivity contribution in [1.82, 2.24) is 19.6 Å². The van der Waals surface area contributed by atoms with Crippen LogP contribution in [0.5, 0.6) is 0 Å².